The fraction of sp³-hybridized carbons (Fsp3) is 0.485. The first kappa shape index (κ1) is 28.9. The minimum atomic E-state index is -0.298. The molecule has 1 heterocycles. The Balaban J connectivity index is 1.48. The SMILES string of the molecule is CCc1nc(C=C2CCC(CO)CC2)ccc1C(=O)C#C[C@H]1C(C)(C)[C@H](Oc2ccc(C#N)c(Cl)c2)C1(C)C. The number of aryl methyl sites for hydroxylation is 1. The Hall–Kier alpha value is -3.12. The first-order valence-electron chi connectivity index (χ1n) is 13.7. The molecule has 0 spiro atoms. The standard InChI is InChI=1S/C33H37ClN2O3/c1-6-28-26(14-12-24(36-28)17-21-7-9-22(20-37)10-8-21)29(38)15-16-30-32(2,3)31(33(30,4)5)39-25-13-11-23(19-35)27(34)18-25/h11-14,17-18,22,30-31,37H,6-10,20H2,1-5H3/t22?,30-,31-. The van der Waals surface area contributed by atoms with Crippen LogP contribution in [0, 0.1) is 45.8 Å². The molecule has 0 atom stereocenters. The number of aromatic nitrogens is 1. The predicted octanol–water partition coefficient (Wildman–Crippen LogP) is 7.05. The molecule has 1 aromatic carbocycles. The number of hydrogen-bond donors (Lipinski definition) is 1. The van der Waals surface area contributed by atoms with Gasteiger partial charge >= 0.3 is 0 Å². The highest BCUT2D eigenvalue weighted by molar-refractivity contribution is 6.31. The highest BCUT2D eigenvalue weighted by atomic mass is 35.5. The van der Waals surface area contributed by atoms with E-state index in [2.05, 4.69) is 51.7 Å². The number of nitriles is 1. The maximum absolute atomic E-state index is 13.2. The quantitative estimate of drug-likeness (QED) is 0.239. The van der Waals surface area contributed by atoms with E-state index in [0.717, 1.165) is 37.1 Å². The Morgan fingerprint density at radius 1 is 1.18 bits per heavy atom. The molecule has 204 valence electrons. The minimum absolute atomic E-state index is 0.0519. The molecule has 2 fully saturated rings. The van der Waals surface area contributed by atoms with Gasteiger partial charge in [0, 0.05) is 29.4 Å². The van der Waals surface area contributed by atoms with Gasteiger partial charge in [-0.15, -0.1) is 0 Å². The van der Waals surface area contributed by atoms with Crippen LogP contribution in [0.25, 0.3) is 6.08 Å². The first-order chi connectivity index (χ1) is 18.5. The molecular formula is C33H37ClN2O3. The number of rotatable bonds is 6. The van der Waals surface area contributed by atoms with E-state index in [1.165, 1.54) is 5.57 Å². The monoisotopic (exact) mass is 544 g/mol. The van der Waals surface area contributed by atoms with Crippen LogP contribution in [0.1, 0.15) is 87.6 Å². The van der Waals surface area contributed by atoms with Crippen molar-refractivity contribution < 1.29 is 14.6 Å². The highest BCUT2D eigenvalue weighted by Gasteiger charge is 2.63. The molecule has 5 nitrogen and oxygen atoms in total. The van der Waals surface area contributed by atoms with Crippen molar-refractivity contribution in [2.45, 2.75) is 72.8 Å². The summed E-state index contributed by atoms with van der Waals surface area (Å²) in [7, 11) is 0. The van der Waals surface area contributed by atoms with Gasteiger partial charge < -0.3 is 9.84 Å². The zero-order valence-corrected chi connectivity index (χ0v) is 24.2. The van der Waals surface area contributed by atoms with Gasteiger partial charge in [-0.25, -0.2) is 0 Å². The summed E-state index contributed by atoms with van der Waals surface area (Å²) in [6.45, 7) is 10.7. The van der Waals surface area contributed by atoms with E-state index in [4.69, 9.17) is 26.6 Å². The Morgan fingerprint density at radius 3 is 2.46 bits per heavy atom. The predicted molar refractivity (Wildman–Crippen MR) is 154 cm³/mol. The third kappa shape index (κ3) is 5.91. The van der Waals surface area contributed by atoms with E-state index in [1.807, 2.05) is 19.1 Å². The largest absolute Gasteiger partial charge is 0.489 e. The average Bonchev–Trinajstić information content (AvgIpc) is 2.91. The van der Waals surface area contributed by atoms with Gasteiger partial charge in [0.15, 0.2) is 0 Å². The lowest BCUT2D eigenvalue weighted by molar-refractivity contribution is -0.172. The summed E-state index contributed by atoms with van der Waals surface area (Å²) < 4.78 is 6.33. The molecule has 1 N–H and O–H groups in total. The minimum Gasteiger partial charge on any atom is -0.489 e. The average molecular weight is 545 g/mol. The van der Waals surface area contributed by atoms with Crippen LogP contribution in [-0.4, -0.2) is 28.6 Å². The van der Waals surface area contributed by atoms with E-state index in [9.17, 15) is 9.90 Å². The second kappa shape index (κ2) is 11.5. The van der Waals surface area contributed by atoms with E-state index >= 15 is 0 Å². The molecule has 2 aliphatic rings. The van der Waals surface area contributed by atoms with Gasteiger partial charge in [0.25, 0.3) is 0 Å². The van der Waals surface area contributed by atoms with Crippen LogP contribution in [-0.2, 0) is 6.42 Å². The maximum Gasteiger partial charge on any atom is 0.237 e. The maximum atomic E-state index is 13.2. The number of nitrogens with zero attached hydrogens (tertiary/aromatic N) is 2. The lowest BCUT2D eigenvalue weighted by atomic mass is 9.46. The van der Waals surface area contributed by atoms with Gasteiger partial charge in [-0.1, -0.05) is 57.7 Å². The topological polar surface area (TPSA) is 83.2 Å². The summed E-state index contributed by atoms with van der Waals surface area (Å²) in [6, 6.07) is 10.9. The number of aliphatic hydroxyl groups is 1. The van der Waals surface area contributed by atoms with Gasteiger partial charge in [0.2, 0.25) is 5.78 Å². The Kier molecular flexibility index (Phi) is 8.55. The lowest BCUT2D eigenvalue weighted by Crippen LogP contribution is -2.65. The molecule has 0 saturated heterocycles. The number of Topliss-reactive ketones (excluding diaryl/α,β-unsaturated/α-hetero) is 1. The van der Waals surface area contributed by atoms with Gasteiger partial charge in [0.05, 0.1) is 27.5 Å². The molecule has 2 saturated carbocycles. The zero-order chi connectivity index (χ0) is 28.4. The molecule has 0 amide bonds. The van der Waals surface area contributed by atoms with Gasteiger partial charge in [-0.2, -0.15) is 5.26 Å². The second-order valence-corrected chi connectivity index (χ2v) is 12.3. The summed E-state index contributed by atoms with van der Waals surface area (Å²) >= 11 is 6.20. The highest BCUT2D eigenvalue weighted by Crippen LogP contribution is 2.60. The number of carbonyl (C=O) groups excluding carboxylic acids is 1. The van der Waals surface area contributed by atoms with E-state index in [1.54, 1.807) is 18.2 Å². The number of halogens is 1. The Bertz CT molecular complexity index is 1360. The van der Waals surface area contributed by atoms with E-state index < -0.39 is 0 Å². The summed E-state index contributed by atoms with van der Waals surface area (Å²) in [5.74, 6) is 6.96. The van der Waals surface area contributed by atoms with Crippen molar-refractivity contribution in [1.29, 1.82) is 5.26 Å². The van der Waals surface area contributed by atoms with Crippen LogP contribution in [0.2, 0.25) is 5.02 Å². The molecule has 4 rings (SSSR count). The summed E-state index contributed by atoms with van der Waals surface area (Å²) in [4.78, 5) is 18.0. The molecule has 2 aromatic rings. The molecule has 0 unspecified atom stereocenters. The van der Waals surface area contributed by atoms with Crippen LogP contribution >= 0.6 is 11.6 Å². The first-order valence-corrected chi connectivity index (χ1v) is 14.1. The van der Waals surface area contributed by atoms with Crippen molar-refractivity contribution in [3.05, 3.63) is 63.4 Å². The van der Waals surface area contributed by atoms with Crippen molar-refractivity contribution in [3.63, 3.8) is 0 Å². The molecular weight excluding hydrogens is 508 g/mol. The summed E-state index contributed by atoms with van der Waals surface area (Å²) in [5.41, 5.74) is 3.36. The lowest BCUT2D eigenvalue weighted by Gasteiger charge is -2.61. The molecule has 39 heavy (non-hydrogen) atoms. The third-order valence-corrected chi connectivity index (χ3v) is 8.73. The number of hydrogen-bond acceptors (Lipinski definition) is 5. The zero-order valence-electron chi connectivity index (χ0n) is 23.5. The summed E-state index contributed by atoms with van der Waals surface area (Å²) in [5, 5.41) is 18.9. The smallest absolute Gasteiger partial charge is 0.237 e. The normalized spacial score (nSPS) is 23.0. The van der Waals surface area contributed by atoms with Crippen LogP contribution in [0.5, 0.6) is 5.75 Å². The van der Waals surface area contributed by atoms with Crippen molar-refractivity contribution in [1.82, 2.24) is 4.98 Å². The summed E-state index contributed by atoms with van der Waals surface area (Å²) in [6.07, 6.45) is 6.62. The third-order valence-electron chi connectivity index (χ3n) is 8.42. The molecule has 0 bridgehead atoms. The van der Waals surface area contributed by atoms with Crippen LogP contribution in [0.4, 0.5) is 0 Å². The molecule has 0 radical (unpaired) electrons. The molecule has 0 aliphatic heterocycles. The number of allylic oxidation sites excluding steroid dienone is 1. The van der Waals surface area contributed by atoms with E-state index in [-0.39, 0.29) is 35.2 Å². The van der Waals surface area contributed by atoms with Crippen LogP contribution < -0.4 is 4.74 Å². The number of benzene rings is 1. The van der Waals surface area contributed by atoms with Crippen molar-refractivity contribution >= 4 is 23.5 Å². The fourth-order valence-corrected chi connectivity index (χ4v) is 6.67. The molecule has 1 aromatic heterocycles. The van der Waals surface area contributed by atoms with Crippen molar-refractivity contribution in [2.24, 2.45) is 22.7 Å². The van der Waals surface area contributed by atoms with E-state index in [0.29, 0.717) is 34.2 Å². The fourth-order valence-electron chi connectivity index (χ4n) is 6.46. The van der Waals surface area contributed by atoms with Crippen LogP contribution in [0.15, 0.2) is 35.9 Å². The number of ketones is 1. The number of pyridine rings is 1. The number of aliphatic hydroxyl groups excluding tert-OH is 1. The van der Waals surface area contributed by atoms with Gasteiger partial charge in [-0.05, 0) is 74.3 Å². The Morgan fingerprint density at radius 2 is 1.87 bits per heavy atom. The second-order valence-electron chi connectivity index (χ2n) is 11.9. The van der Waals surface area contributed by atoms with Crippen molar-refractivity contribution in [2.75, 3.05) is 6.61 Å². The van der Waals surface area contributed by atoms with Crippen molar-refractivity contribution in [3.8, 4) is 23.7 Å². The van der Waals surface area contributed by atoms with Crippen LogP contribution in [0.3, 0.4) is 0 Å². The van der Waals surface area contributed by atoms with Gasteiger partial charge in [-0.3, -0.25) is 9.78 Å². The Labute approximate surface area is 237 Å². The number of ether oxygens (including phenoxy) is 1. The van der Waals surface area contributed by atoms with Gasteiger partial charge in [0.1, 0.15) is 17.9 Å². The number of carbonyl (C=O) groups is 1. The molecule has 2 aliphatic carbocycles. The molecule has 6 heteroatoms.